The number of amides is 1. The van der Waals surface area contributed by atoms with Gasteiger partial charge >= 0.3 is 6.09 Å². The molecule has 0 fully saturated rings. The minimum absolute atomic E-state index is 0.101. The number of ether oxygens (including phenoxy) is 1. The van der Waals surface area contributed by atoms with Gasteiger partial charge in [-0.2, -0.15) is 0 Å². The number of rotatable bonds is 7. The molecule has 0 aliphatic rings. The monoisotopic (exact) mass is 357 g/mol. The zero-order chi connectivity index (χ0) is 16.8. The molecule has 1 aromatic carbocycles. The van der Waals surface area contributed by atoms with Gasteiger partial charge in [0.2, 0.25) is 0 Å². The fourth-order valence-electron chi connectivity index (χ4n) is 2.01. The van der Waals surface area contributed by atoms with Crippen LogP contribution in [0.2, 0.25) is 0 Å². The molecule has 0 aliphatic heterocycles. The summed E-state index contributed by atoms with van der Waals surface area (Å²) in [6.07, 6.45) is -0.854. The summed E-state index contributed by atoms with van der Waals surface area (Å²) in [5, 5.41) is 10.9. The second-order valence-corrected chi connectivity index (χ2v) is 6.25. The lowest BCUT2D eigenvalue weighted by atomic mass is 10.2. The van der Waals surface area contributed by atoms with Gasteiger partial charge in [-0.3, -0.25) is 0 Å². The van der Waals surface area contributed by atoms with Crippen molar-refractivity contribution in [1.82, 2.24) is 4.90 Å². The third-order valence-electron chi connectivity index (χ3n) is 3.36. The van der Waals surface area contributed by atoms with Crippen molar-refractivity contribution in [3.8, 4) is 5.75 Å². The van der Waals surface area contributed by atoms with Gasteiger partial charge < -0.3 is 14.7 Å². The Morgan fingerprint density at radius 1 is 1.48 bits per heavy atom. The summed E-state index contributed by atoms with van der Waals surface area (Å²) in [4.78, 5) is 13.1. The van der Waals surface area contributed by atoms with E-state index in [1.54, 1.807) is 12.1 Å². The summed E-state index contributed by atoms with van der Waals surface area (Å²) in [6.45, 7) is 0.320. The predicted octanol–water partition coefficient (Wildman–Crippen LogP) is 4.75. The molecule has 0 saturated heterocycles. The minimum atomic E-state index is -0.993. The maximum absolute atomic E-state index is 13.8. The first-order valence-electron chi connectivity index (χ1n) is 6.99. The normalized spacial score (nSPS) is 12.0. The summed E-state index contributed by atoms with van der Waals surface area (Å²) in [5.74, 6) is 0.0852. The topological polar surface area (TPSA) is 49.8 Å². The van der Waals surface area contributed by atoms with Crippen LogP contribution in [-0.2, 0) is 5.88 Å². The number of nitrogens with zero attached hydrogens (tertiary/aromatic N) is 1. The van der Waals surface area contributed by atoms with Crippen molar-refractivity contribution in [2.75, 3.05) is 13.6 Å². The zero-order valence-electron chi connectivity index (χ0n) is 12.5. The number of benzene rings is 1. The lowest BCUT2D eigenvalue weighted by Gasteiger charge is -2.21. The van der Waals surface area contributed by atoms with Gasteiger partial charge in [0.05, 0.1) is 5.88 Å². The maximum Gasteiger partial charge on any atom is 0.407 e. The first kappa shape index (κ1) is 17.6. The fraction of sp³-hybridized carbons (Fsp3) is 0.312. The number of carbonyl (C=O) groups is 1. The first-order valence-corrected chi connectivity index (χ1v) is 8.41. The Labute approximate surface area is 143 Å². The molecule has 0 spiro atoms. The van der Waals surface area contributed by atoms with E-state index in [-0.39, 0.29) is 12.0 Å². The second-order valence-electron chi connectivity index (χ2n) is 5.00. The van der Waals surface area contributed by atoms with E-state index in [4.69, 9.17) is 21.4 Å². The number of halogens is 2. The van der Waals surface area contributed by atoms with E-state index in [0.717, 1.165) is 4.88 Å². The molecule has 1 amide bonds. The highest BCUT2D eigenvalue weighted by Gasteiger charge is 2.18. The van der Waals surface area contributed by atoms with E-state index < -0.39 is 11.9 Å². The Morgan fingerprint density at radius 2 is 2.26 bits per heavy atom. The summed E-state index contributed by atoms with van der Waals surface area (Å²) in [5.41, 5.74) is 0.414. The molecule has 124 valence electrons. The highest BCUT2D eigenvalue weighted by molar-refractivity contribution is 7.10. The standard InChI is InChI=1S/C16H17ClFNO3S/c1-19(16(20)21)7-6-14(15-3-2-8-23-15)22-12-5-4-11(10-17)13(18)9-12/h2-5,8-9,14H,6-7,10H2,1H3,(H,20,21)/t14-/m0/s1. The number of alkyl halides is 1. The van der Waals surface area contributed by atoms with Crippen molar-refractivity contribution >= 4 is 29.0 Å². The van der Waals surface area contributed by atoms with Gasteiger partial charge in [-0.25, -0.2) is 9.18 Å². The van der Waals surface area contributed by atoms with Crippen molar-refractivity contribution < 1.29 is 19.0 Å². The Morgan fingerprint density at radius 3 is 2.83 bits per heavy atom. The van der Waals surface area contributed by atoms with E-state index in [9.17, 15) is 9.18 Å². The van der Waals surface area contributed by atoms with Crippen LogP contribution in [0.3, 0.4) is 0 Å². The molecule has 1 heterocycles. The van der Waals surface area contributed by atoms with Gasteiger partial charge in [0.25, 0.3) is 0 Å². The van der Waals surface area contributed by atoms with E-state index in [0.29, 0.717) is 24.3 Å². The number of thiophene rings is 1. The minimum Gasteiger partial charge on any atom is -0.485 e. The van der Waals surface area contributed by atoms with E-state index in [1.807, 2.05) is 17.5 Å². The third-order valence-corrected chi connectivity index (χ3v) is 4.61. The Hall–Kier alpha value is -1.79. The molecule has 0 aliphatic carbocycles. The van der Waals surface area contributed by atoms with Gasteiger partial charge in [-0.1, -0.05) is 12.1 Å². The SMILES string of the molecule is CN(CC[C@H](Oc1ccc(CCl)c(F)c1)c1cccs1)C(=O)O. The number of hydrogen-bond acceptors (Lipinski definition) is 3. The fourth-order valence-corrected chi connectivity index (χ4v) is 3.02. The summed E-state index contributed by atoms with van der Waals surface area (Å²) in [7, 11) is 1.50. The molecule has 1 aromatic heterocycles. The molecule has 0 bridgehead atoms. The van der Waals surface area contributed by atoms with Gasteiger partial charge in [0.1, 0.15) is 17.7 Å². The average Bonchev–Trinajstić information content (AvgIpc) is 3.05. The molecule has 2 aromatic rings. The molecule has 7 heteroatoms. The van der Waals surface area contributed by atoms with Crippen molar-refractivity contribution in [3.05, 3.63) is 52.0 Å². The molecule has 0 unspecified atom stereocenters. The van der Waals surface area contributed by atoms with Crippen LogP contribution in [0.5, 0.6) is 5.75 Å². The summed E-state index contributed by atoms with van der Waals surface area (Å²) >= 11 is 7.16. The molecule has 0 saturated carbocycles. The highest BCUT2D eigenvalue weighted by Crippen LogP contribution is 2.29. The molecule has 1 N–H and O–H groups in total. The van der Waals surface area contributed by atoms with Crippen LogP contribution >= 0.6 is 22.9 Å². The van der Waals surface area contributed by atoms with Crippen LogP contribution in [0.25, 0.3) is 0 Å². The van der Waals surface area contributed by atoms with E-state index >= 15 is 0 Å². The first-order chi connectivity index (χ1) is 11.0. The van der Waals surface area contributed by atoms with Gasteiger partial charge in [0, 0.05) is 36.5 Å². The molecule has 0 radical (unpaired) electrons. The zero-order valence-corrected chi connectivity index (χ0v) is 14.1. The number of hydrogen-bond donors (Lipinski definition) is 1. The molecule has 23 heavy (non-hydrogen) atoms. The van der Waals surface area contributed by atoms with Crippen LogP contribution in [0.4, 0.5) is 9.18 Å². The average molecular weight is 358 g/mol. The van der Waals surface area contributed by atoms with Crippen molar-refractivity contribution in [2.45, 2.75) is 18.4 Å². The van der Waals surface area contributed by atoms with Crippen LogP contribution < -0.4 is 4.74 Å². The maximum atomic E-state index is 13.8. The van der Waals surface area contributed by atoms with E-state index in [2.05, 4.69) is 0 Å². The van der Waals surface area contributed by atoms with Gasteiger partial charge in [-0.05, 0) is 17.5 Å². The third kappa shape index (κ3) is 4.84. The molecule has 2 rings (SSSR count). The van der Waals surface area contributed by atoms with Crippen LogP contribution in [0.15, 0.2) is 35.7 Å². The lowest BCUT2D eigenvalue weighted by Crippen LogP contribution is -2.27. The Bertz CT molecular complexity index is 651. The molecular formula is C16H17ClFNO3S. The highest BCUT2D eigenvalue weighted by atomic mass is 35.5. The quantitative estimate of drug-likeness (QED) is 0.728. The van der Waals surface area contributed by atoms with Gasteiger partial charge in [-0.15, -0.1) is 22.9 Å². The van der Waals surface area contributed by atoms with Gasteiger partial charge in [0.15, 0.2) is 0 Å². The van der Waals surface area contributed by atoms with Crippen molar-refractivity contribution in [3.63, 3.8) is 0 Å². The lowest BCUT2D eigenvalue weighted by molar-refractivity contribution is 0.141. The van der Waals surface area contributed by atoms with Crippen molar-refractivity contribution in [2.24, 2.45) is 0 Å². The number of carboxylic acid groups (broad SMARTS) is 1. The van der Waals surface area contributed by atoms with Crippen molar-refractivity contribution in [1.29, 1.82) is 0 Å². The summed E-state index contributed by atoms with van der Waals surface area (Å²) < 4.78 is 19.7. The second kappa shape index (κ2) is 8.17. The predicted molar refractivity (Wildman–Crippen MR) is 88.9 cm³/mol. The Kier molecular flexibility index (Phi) is 6.24. The molecular weight excluding hydrogens is 341 g/mol. The molecule has 4 nitrogen and oxygen atoms in total. The van der Waals surface area contributed by atoms with Crippen LogP contribution in [0, 0.1) is 5.82 Å². The van der Waals surface area contributed by atoms with Crippen LogP contribution in [-0.4, -0.2) is 29.7 Å². The molecule has 1 atom stereocenters. The smallest absolute Gasteiger partial charge is 0.407 e. The van der Waals surface area contributed by atoms with Crippen LogP contribution in [0.1, 0.15) is 23.0 Å². The van der Waals surface area contributed by atoms with E-state index in [1.165, 1.54) is 29.4 Å². The largest absolute Gasteiger partial charge is 0.485 e. The summed E-state index contributed by atoms with van der Waals surface area (Å²) in [6, 6.07) is 8.38. The Balaban J connectivity index is 2.11.